The molecule has 0 aromatic rings. The van der Waals surface area contributed by atoms with Crippen LogP contribution in [0.4, 0.5) is 0 Å². The second-order valence-electron chi connectivity index (χ2n) is 3.67. The Morgan fingerprint density at radius 3 is 2.85 bits per heavy atom. The normalized spacial score (nSPS) is 31.0. The lowest BCUT2D eigenvalue weighted by molar-refractivity contribution is -0.146. The largest absolute Gasteiger partial charge is 0.468 e. The zero-order valence-corrected chi connectivity index (χ0v) is 8.32. The summed E-state index contributed by atoms with van der Waals surface area (Å²) in [5, 5.41) is 0. The van der Waals surface area contributed by atoms with Crippen molar-refractivity contribution in [2.75, 3.05) is 20.7 Å². The first kappa shape index (κ1) is 10.5. The van der Waals surface area contributed by atoms with Gasteiger partial charge in [-0.05, 0) is 26.3 Å². The molecule has 0 saturated carbocycles. The van der Waals surface area contributed by atoms with Crippen LogP contribution >= 0.6 is 0 Å². The maximum atomic E-state index is 11.3. The van der Waals surface area contributed by atoms with E-state index in [4.69, 9.17) is 10.5 Å². The predicted octanol–water partition coefficient (Wildman–Crippen LogP) is -0.0290. The maximum Gasteiger partial charge on any atom is 0.323 e. The highest BCUT2D eigenvalue weighted by atomic mass is 16.5. The van der Waals surface area contributed by atoms with Crippen LogP contribution in [-0.2, 0) is 9.53 Å². The molecule has 13 heavy (non-hydrogen) atoms. The number of nitrogens with zero attached hydrogens (tertiary/aromatic N) is 1. The summed E-state index contributed by atoms with van der Waals surface area (Å²) in [6, 6.07) is 0.0956. The Balaban J connectivity index is 2.57. The number of esters is 1. The number of likely N-dealkylation sites (tertiary alicyclic amines) is 1. The number of methoxy groups -OCH3 is 1. The summed E-state index contributed by atoms with van der Waals surface area (Å²) in [5.41, 5.74) is 5.84. The number of rotatable bonds is 1. The van der Waals surface area contributed by atoms with E-state index in [0.29, 0.717) is 0 Å². The first-order valence-corrected chi connectivity index (χ1v) is 4.68. The highest BCUT2D eigenvalue weighted by Crippen LogP contribution is 2.15. The Kier molecular flexibility index (Phi) is 3.69. The third-order valence-corrected chi connectivity index (χ3v) is 2.58. The molecular weight excluding hydrogens is 168 g/mol. The molecule has 0 aliphatic carbocycles. The quantitative estimate of drug-likeness (QED) is 0.584. The highest BCUT2D eigenvalue weighted by molar-refractivity contribution is 5.75. The molecule has 4 heteroatoms. The zero-order valence-electron chi connectivity index (χ0n) is 8.32. The van der Waals surface area contributed by atoms with E-state index in [0.717, 1.165) is 25.8 Å². The second-order valence-corrected chi connectivity index (χ2v) is 3.67. The van der Waals surface area contributed by atoms with Crippen LogP contribution in [-0.4, -0.2) is 43.7 Å². The van der Waals surface area contributed by atoms with Crippen molar-refractivity contribution in [3.8, 4) is 0 Å². The summed E-state index contributed by atoms with van der Waals surface area (Å²) in [6.07, 6.45) is 2.86. The van der Waals surface area contributed by atoms with Crippen LogP contribution in [0.15, 0.2) is 0 Å². The summed E-state index contributed by atoms with van der Waals surface area (Å²) >= 11 is 0. The molecule has 1 aliphatic heterocycles. The Labute approximate surface area is 79.0 Å². The molecule has 0 aromatic carbocycles. The molecule has 2 atom stereocenters. The van der Waals surface area contributed by atoms with Crippen LogP contribution in [0.1, 0.15) is 19.3 Å². The average molecular weight is 186 g/mol. The van der Waals surface area contributed by atoms with Crippen molar-refractivity contribution < 1.29 is 9.53 Å². The molecule has 1 heterocycles. The van der Waals surface area contributed by atoms with Crippen molar-refractivity contribution in [1.29, 1.82) is 0 Å². The van der Waals surface area contributed by atoms with Gasteiger partial charge in [-0.15, -0.1) is 0 Å². The fourth-order valence-electron chi connectivity index (χ4n) is 1.82. The molecule has 0 radical (unpaired) electrons. The van der Waals surface area contributed by atoms with E-state index < -0.39 is 0 Å². The van der Waals surface area contributed by atoms with Crippen molar-refractivity contribution in [3.05, 3.63) is 0 Å². The van der Waals surface area contributed by atoms with Gasteiger partial charge in [0, 0.05) is 12.6 Å². The third kappa shape index (κ3) is 2.67. The Bertz CT molecular complexity index is 184. The van der Waals surface area contributed by atoms with Crippen molar-refractivity contribution in [2.45, 2.75) is 31.3 Å². The van der Waals surface area contributed by atoms with Gasteiger partial charge in [-0.1, -0.05) is 0 Å². The Hall–Kier alpha value is -0.610. The topological polar surface area (TPSA) is 55.6 Å². The van der Waals surface area contributed by atoms with Crippen LogP contribution in [0.2, 0.25) is 0 Å². The highest BCUT2D eigenvalue weighted by Gasteiger charge is 2.27. The van der Waals surface area contributed by atoms with Crippen LogP contribution in [0, 0.1) is 0 Å². The monoisotopic (exact) mass is 186 g/mol. The lowest BCUT2D eigenvalue weighted by Crippen LogP contribution is -2.42. The lowest BCUT2D eigenvalue weighted by atomic mass is 10.1. The van der Waals surface area contributed by atoms with E-state index in [-0.39, 0.29) is 18.1 Å². The molecule has 2 N–H and O–H groups in total. The SMILES string of the molecule is COC(=O)C1CCCC(N)CN1C. The van der Waals surface area contributed by atoms with Gasteiger partial charge in [0.05, 0.1) is 7.11 Å². The van der Waals surface area contributed by atoms with Gasteiger partial charge >= 0.3 is 5.97 Å². The predicted molar refractivity (Wildman–Crippen MR) is 50.3 cm³/mol. The smallest absolute Gasteiger partial charge is 0.323 e. The van der Waals surface area contributed by atoms with E-state index in [9.17, 15) is 4.79 Å². The molecule has 0 amide bonds. The van der Waals surface area contributed by atoms with Crippen LogP contribution < -0.4 is 5.73 Å². The number of carbonyl (C=O) groups excluding carboxylic acids is 1. The van der Waals surface area contributed by atoms with Crippen molar-refractivity contribution in [3.63, 3.8) is 0 Å². The van der Waals surface area contributed by atoms with Crippen LogP contribution in [0.3, 0.4) is 0 Å². The molecule has 0 aromatic heterocycles. The van der Waals surface area contributed by atoms with E-state index >= 15 is 0 Å². The van der Waals surface area contributed by atoms with Crippen molar-refractivity contribution in [2.24, 2.45) is 5.73 Å². The second kappa shape index (κ2) is 4.58. The molecule has 1 saturated heterocycles. The molecule has 2 unspecified atom stereocenters. The molecule has 76 valence electrons. The summed E-state index contributed by atoms with van der Waals surface area (Å²) in [4.78, 5) is 13.3. The van der Waals surface area contributed by atoms with Gasteiger partial charge in [0.25, 0.3) is 0 Å². The minimum atomic E-state index is -0.142. The number of ether oxygens (including phenoxy) is 1. The first-order chi connectivity index (χ1) is 6.15. The summed E-state index contributed by atoms with van der Waals surface area (Å²) in [5.74, 6) is -0.142. The maximum absolute atomic E-state index is 11.3. The standard InChI is InChI=1S/C9H18N2O2/c1-11-6-7(10)4-3-5-8(11)9(12)13-2/h7-8H,3-6,10H2,1-2H3. The van der Waals surface area contributed by atoms with Gasteiger partial charge in [-0.2, -0.15) is 0 Å². The van der Waals surface area contributed by atoms with Crippen LogP contribution in [0.5, 0.6) is 0 Å². The van der Waals surface area contributed by atoms with E-state index in [2.05, 4.69) is 0 Å². The van der Waals surface area contributed by atoms with Gasteiger partial charge in [0.15, 0.2) is 0 Å². The minimum Gasteiger partial charge on any atom is -0.468 e. The molecular formula is C9H18N2O2. The number of likely N-dealkylation sites (N-methyl/N-ethyl adjacent to an activating group) is 1. The van der Waals surface area contributed by atoms with Crippen molar-refractivity contribution in [1.82, 2.24) is 4.90 Å². The summed E-state index contributed by atoms with van der Waals surface area (Å²) in [7, 11) is 3.35. The third-order valence-electron chi connectivity index (χ3n) is 2.58. The zero-order chi connectivity index (χ0) is 9.84. The van der Waals surface area contributed by atoms with Gasteiger partial charge in [-0.25, -0.2) is 0 Å². The van der Waals surface area contributed by atoms with Crippen LogP contribution in [0.25, 0.3) is 0 Å². The summed E-state index contributed by atoms with van der Waals surface area (Å²) in [6.45, 7) is 0.778. The van der Waals surface area contributed by atoms with Gasteiger partial charge < -0.3 is 10.5 Å². The van der Waals surface area contributed by atoms with Gasteiger partial charge in [-0.3, -0.25) is 9.69 Å². The number of hydrogen-bond acceptors (Lipinski definition) is 4. The van der Waals surface area contributed by atoms with Gasteiger partial charge in [0.2, 0.25) is 0 Å². The van der Waals surface area contributed by atoms with E-state index in [1.165, 1.54) is 7.11 Å². The fourth-order valence-corrected chi connectivity index (χ4v) is 1.82. The molecule has 1 aliphatic rings. The molecule has 1 fully saturated rings. The van der Waals surface area contributed by atoms with Crippen molar-refractivity contribution >= 4 is 5.97 Å². The minimum absolute atomic E-state index is 0.0986. The van der Waals surface area contributed by atoms with E-state index in [1.54, 1.807) is 0 Å². The average Bonchev–Trinajstić information content (AvgIpc) is 2.25. The van der Waals surface area contributed by atoms with Gasteiger partial charge in [0.1, 0.15) is 6.04 Å². The molecule has 0 bridgehead atoms. The molecule has 4 nitrogen and oxygen atoms in total. The number of nitrogens with two attached hydrogens (primary N) is 1. The summed E-state index contributed by atoms with van der Waals surface area (Å²) < 4.78 is 4.73. The molecule has 1 rings (SSSR count). The fraction of sp³-hybridized carbons (Fsp3) is 0.889. The van der Waals surface area contributed by atoms with E-state index in [1.807, 2.05) is 11.9 Å². The number of carbonyl (C=O) groups is 1. The lowest BCUT2D eigenvalue weighted by Gasteiger charge is -2.24. The Morgan fingerprint density at radius 2 is 2.23 bits per heavy atom. The molecule has 0 spiro atoms. The first-order valence-electron chi connectivity index (χ1n) is 4.68. The Morgan fingerprint density at radius 1 is 1.54 bits per heavy atom. The number of hydrogen-bond donors (Lipinski definition) is 1.